The molecular formula is C8H15NO. The highest BCUT2D eigenvalue weighted by atomic mass is 16.1. The third-order valence-corrected chi connectivity index (χ3v) is 1.78. The molecule has 0 saturated heterocycles. The van der Waals surface area contributed by atoms with Crippen LogP contribution in [0.1, 0.15) is 20.3 Å². The lowest BCUT2D eigenvalue weighted by Crippen LogP contribution is -2.19. The van der Waals surface area contributed by atoms with Crippen LogP contribution in [0.2, 0.25) is 0 Å². The largest absolute Gasteiger partial charge is 0.330 e. The summed E-state index contributed by atoms with van der Waals surface area (Å²) in [7, 11) is 0. The first kappa shape index (κ1) is 9.37. The molecule has 0 saturated carbocycles. The van der Waals surface area contributed by atoms with Gasteiger partial charge < -0.3 is 5.73 Å². The van der Waals surface area contributed by atoms with Crippen molar-refractivity contribution >= 4 is 6.29 Å². The Kier molecular flexibility index (Phi) is 3.30. The molecule has 0 aliphatic rings. The van der Waals surface area contributed by atoms with E-state index in [9.17, 15) is 4.79 Å². The highest BCUT2D eigenvalue weighted by Gasteiger charge is 2.19. The zero-order valence-electron chi connectivity index (χ0n) is 6.68. The van der Waals surface area contributed by atoms with E-state index in [1.165, 1.54) is 0 Å². The van der Waals surface area contributed by atoms with Gasteiger partial charge in [0.2, 0.25) is 0 Å². The van der Waals surface area contributed by atoms with Crippen LogP contribution in [0.3, 0.4) is 0 Å². The zero-order valence-corrected chi connectivity index (χ0v) is 6.68. The molecule has 0 aliphatic carbocycles. The summed E-state index contributed by atoms with van der Waals surface area (Å²) in [5, 5.41) is 0. The van der Waals surface area contributed by atoms with Crippen molar-refractivity contribution in [2.75, 3.05) is 6.54 Å². The van der Waals surface area contributed by atoms with Crippen LogP contribution in [-0.4, -0.2) is 12.8 Å². The van der Waals surface area contributed by atoms with Crippen LogP contribution in [-0.2, 0) is 4.79 Å². The van der Waals surface area contributed by atoms with E-state index in [-0.39, 0.29) is 5.41 Å². The second kappa shape index (κ2) is 3.52. The topological polar surface area (TPSA) is 43.1 Å². The Morgan fingerprint density at radius 2 is 2.20 bits per heavy atom. The minimum atomic E-state index is -0.128. The summed E-state index contributed by atoms with van der Waals surface area (Å²) in [4.78, 5) is 10.3. The number of hydrogen-bond acceptors (Lipinski definition) is 2. The van der Waals surface area contributed by atoms with Crippen LogP contribution in [0.15, 0.2) is 12.2 Å². The molecule has 0 aromatic rings. The van der Waals surface area contributed by atoms with Crippen LogP contribution in [0, 0.1) is 5.41 Å². The molecule has 58 valence electrons. The predicted molar refractivity (Wildman–Crippen MR) is 42.7 cm³/mol. The van der Waals surface area contributed by atoms with Crippen molar-refractivity contribution in [2.24, 2.45) is 11.1 Å². The van der Waals surface area contributed by atoms with Gasteiger partial charge in [0, 0.05) is 0 Å². The van der Waals surface area contributed by atoms with E-state index in [1.807, 2.05) is 13.8 Å². The van der Waals surface area contributed by atoms with Gasteiger partial charge in [0.05, 0.1) is 0 Å². The lowest BCUT2D eigenvalue weighted by atomic mass is 9.83. The second-order valence-electron chi connectivity index (χ2n) is 3.07. The first-order valence-electron chi connectivity index (χ1n) is 3.39. The lowest BCUT2D eigenvalue weighted by Gasteiger charge is -2.22. The number of carbonyl (C=O) groups excluding carboxylic acids is 1. The number of rotatable bonds is 4. The second-order valence-corrected chi connectivity index (χ2v) is 3.07. The van der Waals surface area contributed by atoms with Gasteiger partial charge in [-0.25, -0.2) is 0 Å². The first-order valence-corrected chi connectivity index (χ1v) is 3.39. The molecular weight excluding hydrogens is 126 g/mol. The average molecular weight is 141 g/mol. The maximum atomic E-state index is 10.3. The first-order chi connectivity index (χ1) is 4.54. The minimum absolute atomic E-state index is 0.128. The Balaban J connectivity index is 4.08. The Labute approximate surface area is 62.1 Å². The van der Waals surface area contributed by atoms with Gasteiger partial charge in [0.15, 0.2) is 0 Å². The Morgan fingerprint density at radius 3 is 2.50 bits per heavy atom. The van der Waals surface area contributed by atoms with Gasteiger partial charge in [-0.1, -0.05) is 20.4 Å². The minimum Gasteiger partial charge on any atom is -0.330 e. The van der Waals surface area contributed by atoms with E-state index in [0.717, 1.165) is 12.7 Å². The Hall–Kier alpha value is -0.630. The molecule has 0 aliphatic heterocycles. The van der Waals surface area contributed by atoms with Crippen molar-refractivity contribution in [1.29, 1.82) is 0 Å². The normalized spacial score (nSPS) is 11.1. The number of aldehydes is 1. The molecule has 0 fully saturated rings. The summed E-state index contributed by atoms with van der Waals surface area (Å²) in [6.07, 6.45) is 1.61. The molecule has 0 radical (unpaired) electrons. The molecule has 0 amide bonds. The fourth-order valence-electron chi connectivity index (χ4n) is 0.681. The van der Waals surface area contributed by atoms with Crippen molar-refractivity contribution in [3.8, 4) is 0 Å². The van der Waals surface area contributed by atoms with Crippen molar-refractivity contribution in [2.45, 2.75) is 20.3 Å². The fourth-order valence-corrected chi connectivity index (χ4v) is 0.681. The Morgan fingerprint density at radius 1 is 1.70 bits per heavy atom. The van der Waals surface area contributed by atoms with Gasteiger partial charge in [-0.15, -0.1) is 0 Å². The summed E-state index contributed by atoms with van der Waals surface area (Å²) in [6.45, 7) is 8.17. The monoisotopic (exact) mass is 141 g/mol. The molecule has 0 unspecified atom stereocenters. The molecule has 0 bridgehead atoms. The molecule has 0 spiro atoms. The van der Waals surface area contributed by atoms with Gasteiger partial charge in [-0.3, -0.25) is 4.79 Å². The highest BCUT2D eigenvalue weighted by Crippen LogP contribution is 2.26. The van der Waals surface area contributed by atoms with E-state index in [0.29, 0.717) is 12.1 Å². The van der Waals surface area contributed by atoms with E-state index in [2.05, 4.69) is 6.58 Å². The van der Waals surface area contributed by atoms with Crippen LogP contribution in [0.5, 0.6) is 0 Å². The summed E-state index contributed by atoms with van der Waals surface area (Å²) < 4.78 is 0. The van der Waals surface area contributed by atoms with E-state index < -0.39 is 0 Å². The summed E-state index contributed by atoms with van der Waals surface area (Å²) >= 11 is 0. The van der Waals surface area contributed by atoms with E-state index >= 15 is 0 Å². The average Bonchev–Trinajstić information content (AvgIpc) is 1.86. The van der Waals surface area contributed by atoms with Gasteiger partial charge >= 0.3 is 0 Å². The van der Waals surface area contributed by atoms with E-state index in [4.69, 9.17) is 5.73 Å². The van der Waals surface area contributed by atoms with Crippen molar-refractivity contribution in [3.63, 3.8) is 0 Å². The highest BCUT2D eigenvalue weighted by molar-refractivity contribution is 5.73. The van der Waals surface area contributed by atoms with Crippen molar-refractivity contribution in [1.82, 2.24) is 0 Å². The van der Waals surface area contributed by atoms with E-state index in [1.54, 1.807) is 0 Å². The predicted octanol–water partition coefficient (Wildman–Crippen LogP) is 1.12. The molecule has 2 N–H and O–H groups in total. The fraction of sp³-hybridized carbons (Fsp3) is 0.625. The number of nitrogens with two attached hydrogens (primary N) is 1. The molecule has 0 aromatic carbocycles. The van der Waals surface area contributed by atoms with Crippen LogP contribution < -0.4 is 5.73 Å². The van der Waals surface area contributed by atoms with Crippen molar-refractivity contribution in [3.05, 3.63) is 12.2 Å². The summed E-state index contributed by atoms with van der Waals surface area (Å²) in [6, 6.07) is 0. The quantitative estimate of drug-likeness (QED) is 0.471. The zero-order chi connectivity index (χ0) is 8.20. The van der Waals surface area contributed by atoms with Crippen LogP contribution >= 0.6 is 0 Å². The number of hydrogen-bond donors (Lipinski definition) is 1. The van der Waals surface area contributed by atoms with Gasteiger partial charge in [-0.2, -0.15) is 0 Å². The van der Waals surface area contributed by atoms with Crippen LogP contribution in [0.25, 0.3) is 0 Å². The lowest BCUT2D eigenvalue weighted by molar-refractivity contribution is -0.105. The summed E-state index contributed by atoms with van der Waals surface area (Å²) in [5.41, 5.74) is 5.84. The molecule has 2 heteroatoms. The standard InChI is InChI=1S/C8H15NO/c1-7(6-10)8(2,3)4-5-9/h6H,1,4-5,9H2,2-3H3. The van der Waals surface area contributed by atoms with Gasteiger partial charge in [0.25, 0.3) is 0 Å². The maximum absolute atomic E-state index is 10.3. The smallest absolute Gasteiger partial charge is 0.145 e. The van der Waals surface area contributed by atoms with Crippen molar-refractivity contribution < 1.29 is 4.79 Å². The third kappa shape index (κ3) is 2.31. The van der Waals surface area contributed by atoms with Gasteiger partial charge in [0.1, 0.15) is 6.29 Å². The molecule has 0 heterocycles. The Bertz CT molecular complexity index is 138. The maximum Gasteiger partial charge on any atom is 0.145 e. The number of allylic oxidation sites excluding steroid dienone is 1. The molecule has 0 atom stereocenters. The van der Waals surface area contributed by atoms with Gasteiger partial charge in [-0.05, 0) is 24.0 Å². The SMILES string of the molecule is C=C(C=O)C(C)(C)CCN. The third-order valence-electron chi connectivity index (χ3n) is 1.78. The molecule has 10 heavy (non-hydrogen) atoms. The molecule has 0 rings (SSSR count). The molecule has 2 nitrogen and oxygen atoms in total. The van der Waals surface area contributed by atoms with Crippen LogP contribution in [0.4, 0.5) is 0 Å². The summed E-state index contributed by atoms with van der Waals surface area (Å²) in [5.74, 6) is 0. The number of carbonyl (C=O) groups is 1. The molecule has 0 aromatic heterocycles.